The molecule has 0 bridgehead atoms. The number of aliphatic imine (C=N–C) groups is 1. The van der Waals surface area contributed by atoms with E-state index in [1.165, 1.54) is 0 Å². The number of aryl methyl sites for hydroxylation is 2. The molecule has 1 heterocycles. The lowest BCUT2D eigenvalue weighted by atomic mass is 10.1. The molecule has 3 aromatic rings. The Bertz CT molecular complexity index is 1170. The fourth-order valence-electron chi connectivity index (χ4n) is 4.14. The first-order valence-electron chi connectivity index (χ1n) is 11.3. The van der Waals surface area contributed by atoms with Crippen molar-refractivity contribution in [2.45, 2.75) is 13.8 Å². The molecule has 1 N–H and O–H groups in total. The van der Waals surface area contributed by atoms with Gasteiger partial charge in [0.2, 0.25) is 5.96 Å². The minimum Gasteiger partial charge on any atom is -0.495 e. The third-order valence-corrected chi connectivity index (χ3v) is 6.03. The van der Waals surface area contributed by atoms with Gasteiger partial charge in [-0.2, -0.15) is 0 Å². The number of rotatable bonds is 4. The molecule has 1 aliphatic rings. The van der Waals surface area contributed by atoms with Gasteiger partial charge in [0.1, 0.15) is 5.75 Å². The van der Waals surface area contributed by atoms with Crippen LogP contribution in [0.5, 0.6) is 5.75 Å². The number of hydrogen-bond acceptors (Lipinski definition) is 4. The summed E-state index contributed by atoms with van der Waals surface area (Å²) in [6, 6.07) is 21.0. The van der Waals surface area contributed by atoms with Gasteiger partial charge in [0, 0.05) is 36.8 Å². The van der Waals surface area contributed by atoms with Crippen LogP contribution in [-0.2, 0) is 0 Å². The van der Waals surface area contributed by atoms with Crippen LogP contribution in [0.4, 0.5) is 11.4 Å². The molecule has 3 aromatic carbocycles. The van der Waals surface area contributed by atoms with Crippen LogP contribution in [-0.4, -0.2) is 50.1 Å². The molecule has 1 amide bonds. The van der Waals surface area contributed by atoms with E-state index in [-0.39, 0.29) is 5.91 Å². The van der Waals surface area contributed by atoms with E-state index < -0.39 is 0 Å². The van der Waals surface area contributed by atoms with Crippen LogP contribution < -0.4 is 15.0 Å². The SMILES string of the molecule is COc1ccccc1N1CCN(C(=Nc2cc(C)cc(C)c2)NC(=O)c2ccc(Cl)cc2)CC1. The van der Waals surface area contributed by atoms with Crippen molar-refractivity contribution in [2.75, 3.05) is 38.2 Å². The number of piperazine rings is 1. The van der Waals surface area contributed by atoms with Crippen molar-refractivity contribution >= 4 is 34.8 Å². The number of nitrogens with one attached hydrogen (secondary N) is 1. The summed E-state index contributed by atoms with van der Waals surface area (Å²) in [5, 5.41) is 3.63. The smallest absolute Gasteiger partial charge is 0.257 e. The molecule has 6 nitrogen and oxygen atoms in total. The van der Waals surface area contributed by atoms with Gasteiger partial charge in [-0.25, -0.2) is 4.99 Å². The Balaban J connectivity index is 1.57. The van der Waals surface area contributed by atoms with Gasteiger partial charge in [-0.3, -0.25) is 10.1 Å². The molecule has 1 aliphatic heterocycles. The number of amides is 1. The number of para-hydroxylation sites is 2. The van der Waals surface area contributed by atoms with Gasteiger partial charge in [-0.15, -0.1) is 0 Å². The molecule has 0 aliphatic carbocycles. The van der Waals surface area contributed by atoms with E-state index in [1.54, 1.807) is 31.4 Å². The number of hydrogen-bond donors (Lipinski definition) is 1. The van der Waals surface area contributed by atoms with Crippen molar-refractivity contribution in [1.82, 2.24) is 10.2 Å². The highest BCUT2D eigenvalue weighted by Crippen LogP contribution is 2.28. The van der Waals surface area contributed by atoms with E-state index in [0.717, 1.165) is 41.3 Å². The number of ether oxygens (including phenoxy) is 1. The van der Waals surface area contributed by atoms with Crippen LogP contribution in [0.2, 0.25) is 5.02 Å². The van der Waals surface area contributed by atoms with Crippen LogP contribution in [0.25, 0.3) is 0 Å². The summed E-state index contributed by atoms with van der Waals surface area (Å²) < 4.78 is 5.54. The minimum absolute atomic E-state index is 0.216. The predicted octanol–water partition coefficient (Wildman–Crippen LogP) is 5.21. The molecule has 0 atom stereocenters. The van der Waals surface area contributed by atoms with E-state index in [2.05, 4.69) is 27.2 Å². The maximum absolute atomic E-state index is 13.0. The number of halogens is 1. The first-order valence-corrected chi connectivity index (χ1v) is 11.7. The van der Waals surface area contributed by atoms with Crippen molar-refractivity contribution in [1.29, 1.82) is 0 Å². The highest BCUT2D eigenvalue weighted by Gasteiger charge is 2.23. The Morgan fingerprint density at radius 1 is 0.941 bits per heavy atom. The highest BCUT2D eigenvalue weighted by molar-refractivity contribution is 6.30. The zero-order valence-electron chi connectivity index (χ0n) is 19.7. The third kappa shape index (κ3) is 5.69. The first kappa shape index (κ1) is 23.6. The number of methoxy groups -OCH3 is 1. The normalized spacial score (nSPS) is 14.2. The lowest BCUT2D eigenvalue weighted by Crippen LogP contribution is -2.53. The van der Waals surface area contributed by atoms with Crippen LogP contribution in [0.3, 0.4) is 0 Å². The van der Waals surface area contributed by atoms with E-state index in [9.17, 15) is 4.79 Å². The van der Waals surface area contributed by atoms with Gasteiger partial charge >= 0.3 is 0 Å². The molecule has 1 fully saturated rings. The Hall–Kier alpha value is -3.51. The second-order valence-corrected chi connectivity index (χ2v) is 8.82. The fraction of sp³-hybridized carbons (Fsp3) is 0.259. The fourth-order valence-corrected chi connectivity index (χ4v) is 4.27. The van der Waals surface area contributed by atoms with Crippen molar-refractivity contribution in [3.8, 4) is 5.75 Å². The molecular formula is C27H29ClN4O2. The highest BCUT2D eigenvalue weighted by atomic mass is 35.5. The molecule has 4 rings (SSSR count). The van der Waals surface area contributed by atoms with Crippen molar-refractivity contribution in [3.63, 3.8) is 0 Å². The summed E-state index contributed by atoms with van der Waals surface area (Å²) in [4.78, 5) is 22.3. The molecular weight excluding hydrogens is 448 g/mol. The Kier molecular flexibility index (Phi) is 7.38. The molecule has 1 saturated heterocycles. The summed E-state index contributed by atoms with van der Waals surface area (Å²) in [5.41, 5.74) is 4.68. The standard InChI is InChI=1S/C27H29ClN4O2/c1-19-16-20(2)18-23(17-19)29-27(30-26(33)21-8-10-22(28)11-9-21)32-14-12-31(13-15-32)24-6-4-5-7-25(24)34-3/h4-11,16-18H,12-15H2,1-3H3,(H,29,30,33). The minimum atomic E-state index is -0.216. The molecule has 34 heavy (non-hydrogen) atoms. The van der Waals surface area contributed by atoms with Crippen molar-refractivity contribution in [3.05, 3.63) is 88.4 Å². The number of nitrogens with zero attached hydrogens (tertiary/aromatic N) is 3. The topological polar surface area (TPSA) is 57.2 Å². The third-order valence-electron chi connectivity index (χ3n) is 5.78. The van der Waals surface area contributed by atoms with E-state index in [4.69, 9.17) is 21.3 Å². The van der Waals surface area contributed by atoms with Crippen LogP contribution in [0.1, 0.15) is 21.5 Å². The number of guanidine groups is 1. The summed E-state index contributed by atoms with van der Waals surface area (Å²) in [6.07, 6.45) is 0. The largest absolute Gasteiger partial charge is 0.495 e. The molecule has 0 spiro atoms. The van der Waals surface area contributed by atoms with Gasteiger partial charge in [-0.05, 0) is 73.5 Å². The zero-order valence-corrected chi connectivity index (χ0v) is 20.5. The van der Waals surface area contributed by atoms with Crippen LogP contribution in [0.15, 0.2) is 71.7 Å². The monoisotopic (exact) mass is 476 g/mol. The second-order valence-electron chi connectivity index (χ2n) is 8.39. The summed E-state index contributed by atoms with van der Waals surface area (Å²) in [6.45, 7) is 7.07. The lowest BCUT2D eigenvalue weighted by molar-refractivity contribution is 0.0972. The first-order chi connectivity index (χ1) is 16.4. The molecule has 0 radical (unpaired) electrons. The van der Waals surface area contributed by atoms with Gasteiger partial charge in [-0.1, -0.05) is 29.8 Å². The van der Waals surface area contributed by atoms with Crippen molar-refractivity contribution < 1.29 is 9.53 Å². The Morgan fingerprint density at radius 3 is 2.24 bits per heavy atom. The molecule has 7 heteroatoms. The molecule has 0 aromatic heterocycles. The van der Waals surface area contributed by atoms with Gasteiger partial charge in [0.25, 0.3) is 5.91 Å². The van der Waals surface area contributed by atoms with Crippen LogP contribution in [0, 0.1) is 13.8 Å². The quantitative estimate of drug-likeness (QED) is 0.415. The van der Waals surface area contributed by atoms with Gasteiger partial charge in [0.05, 0.1) is 18.5 Å². The Morgan fingerprint density at radius 2 is 1.59 bits per heavy atom. The summed E-state index contributed by atoms with van der Waals surface area (Å²) in [7, 11) is 1.69. The van der Waals surface area contributed by atoms with Crippen LogP contribution >= 0.6 is 11.6 Å². The number of anilines is 1. The van der Waals surface area contributed by atoms with E-state index >= 15 is 0 Å². The number of carbonyl (C=O) groups excluding carboxylic acids is 1. The van der Waals surface area contributed by atoms with Gasteiger partial charge in [0.15, 0.2) is 0 Å². The number of carbonyl (C=O) groups is 1. The Labute approximate surface area is 205 Å². The van der Waals surface area contributed by atoms with E-state index in [0.29, 0.717) is 29.6 Å². The molecule has 0 unspecified atom stereocenters. The molecule has 0 saturated carbocycles. The average Bonchev–Trinajstić information content (AvgIpc) is 2.83. The lowest BCUT2D eigenvalue weighted by Gasteiger charge is -2.38. The molecule has 176 valence electrons. The maximum atomic E-state index is 13.0. The predicted molar refractivity (Wildman–Crippen MR) is 139 cm³/mol. The van der Waals surface area contributed by atoms with Gasteiger partial charge < -0.3 is 14.5 Å². The second kappa shape index (κ2) is 10.6. The van der Waals surface area contributed by atoms with E-state index in [1.807, 2.05) is 44.2 Å². The zero-order chi connectivity index (χ0) is 24.1. The summed E-state index contributed by atoms with van der Waals surface area (Å²) in [5.74, 6) is 1.19. The van der Waals surface area contributed by atoms with Crippen molar-refractivity contribution in [2.24, 2.45) is 4.99 Å². The average molecular weight is 477 g/mol. The summed E-state index contributed by atoms with van der Waals surface area (Å²) >= 11 is 5.99. The maximum Gasteiger partial charge on any atom is 0.257 e. The number of benzene rings is 3.